The number of ether oxygens (including phenoxy) is 3. The lowest BCUT2D eigenvalue weighted by Crippen LogP contribution is -2.17. The molecule has 0 unspecified atom stereocenters. The van der Waals surface area contributed by atoms with Crippen molar-refractivity contribution in [1.82, 2.24) is 0 Å². The molecule has 0 aliphatic carbocycles. The van der Waals surface area contributed by atoms with E-state index in [1.54, 1.807) is 6.92 Å². The third kappa shape index (κ3) is 1.97. The summed E-state index contributed by atoms with van der Waals surface area (Å²) >= 11 is 0. The van der Waals surface area contributed by atoms with Crippen LogP contribution in [0.4, 0.5) is 0 Å². The standard InChI is InChI=1S/C6H10O4/c1-2-5(7)10-6-8-3-4-9-6/h6H,2-4H2,1H3. The molecule has 1 aliphatic heterocycles. The first-order valence-corrected chi connectivity index (χ1v) is 3.25. The second-order valence-corrected chi connectivity index (χ2v) is 1.87. The molecule has 0 N–H and O–H groups in total. The lowest BCUT2D eigenvalue weighted by molar-refractivity contribution is -0.226. The van der Waals surface area contributed by atoms with Gasteiger partial charge in [-0.2, -0.15) is 0 Å². The van der Waals surface area contributed by atoms with Gasteiger partial charge < -0.3 is 14.2 Å². The smallest absolute Gasteiger partial charge is 0.318 e. The highest BCUT2D eigenvalue weighted by atomic mass is 16.9. The van der Waals surface area contributed by atoms with Gasteiger partial charge in [0.05, 0.1) is 13.2 Å². The number of carbonyl (C=O) groups excluding carboxylic acids is 1. The highest BCUT2D eigenvalue weighted by molar-refractivity contribution is 5.68. The molecule has 0 radical (unpaired) electrons. The lowest BCUT2D eigenvalue weighted by atomic mass is 10.5. The van der Waals surface area contributed by atoms with Gasteiger partial charge in [0.15, 0.2) is 0 Å². The van der Waals surface area contributed by atoms with Gasteiger partial charge >= 0.3 is 12.4 Å². The summed E-state index contributed by atoms with van der Waals surface area (Å²) in [7, 11) is 0. The third-order valence-corrected chi connectivity index (χ3v) is 1.11. The lowest BCUT2D eigenvalue weighted by Gasteiger charge is -2.07. The van der Waals surface area contributed by atoms with E-state index < -0.39 is 6.48 Å². The molecule has 0 spiro atoms. The van der Waals surface area contributed by atoms with E-state index in [1.807, 2.05) is 0 Å². The topological polar surface area (TPSA) is 44.8 Å². The SMILES string of the molecule is CCC(=O)OC1OCCO1. The van der Waals surface area contributed by atoms with Crippen LogP contribution in [-0.4, -0.2) is 25.7 Å². The molecule has 1 rings (SSSR count). The van der Waals surface area contributed by atoms with Crippen molar-refractivity contribution in [3.8, 4) is 0 Å². The van der Waals surface area contributed by atoms with Gasteiger partial charge in [0.25, 0.3) is 0 Å². The molecular formula is C6H10O4. The molecule has 58 valence electrons. The molecule has 4 heteroatoms. The normalized spacial score (nSPS) is 19.3. The number of carbonyl (C=O) groups is 1. The summed E-state index contributed by atoms with van der Waals surface area (Å²) in [6, 6.07) is 0. The molecule has 1 saturated heterocycles. The van der Waals surface area contributed by atoms with Crippen molar-refractivity contribution in [2.24, 2.45) is 0 Å². The van der Waals surface area contributed by atoms with E-state index in [2.05, 4.69) is 4.74 Å². The fourth-order valence-electron chi connectivity index (χ4n) is 0.595. The predicted molar refractivity (Wildman–Crippen MR) is 32.1 cm³/mol. The van der Waals surface area contributed by atoms with Crippen molar-refractivity contribution in [2.75, 3.05) is 13.2 Å². The summed E-state index contributed by atoms with van der Waals surface area (Å²) in [5.41, 5.74) is 0. The zero-order valence-corrected chi connectivity index (χ0v) is 5.83. The maximum absolute atomic E-state index is 10.6. The predicted octanol–water partition coefficient (Wildman–Crippen LogP) is 0.270. The van der Waals surface area contributed by atoms with Crippen molar-refractivity contribution < 1.29 is 19.0 Å². The van der Waals surface area contributed by atoms with Gasteiger partial charge in [0.2, 0.25) is 0 Å². The molecule has 0 amide bonds. The van der Waals surface area contributed by atoms with Crippen LogP contribution in [0.15, 0.2) is 0 Å². The molecule has 4 nitrogen and oxygen atoms in total. The van der Waals surface area contributed by atoms with E-state index >= 15 is 0 Å². The fraction of sp³-hybridized carbons (Fsp3) is 0.833. The Balaban J connectivity index is 2.17. The fourth-order valence-corrected chi connectivity index (χ4v) is 0.595. The Labute approximate surface area is 59.1 Å². The van der Waals surface area contributed by atoms with E-state index in [4.69, 9.17) is 9.47 Å². The van der Waals surface area contributed by atoms with Crippen molar-refractivity contribution in [2.45, 2.75) is 19.8 Å². The van der Waals surface area contributed by atoms with Gasteiger partial charge in [-0.25, -0.2) is 0 Å². The Bertz CT molecular complexity index is 117. The average Bonchev–Trinajstić information content (AvgIpc) is 2.40. The van der Waals surface area contributed by atoms with Crippen molar-refractivity contribution in [1.29, 1.82) is 0 Å². The maximum atomic E-state index is 10.6. The van der Waals surface area contributed by atoms with E-state index in [9.17, 15) is 4.79 Å². The van der Waals surface area contributed by atoms with Crippen LogP contribution in [-0.2, 0) is 19.0 Å². The van der Waals surface area contributed by atoms with Crippen molar-refractivity contribution in [3.05, 3.63) is 0 Å². The second kappa shape index (κ2) is 3.53. The summed E-state index contributed by atoms with van der Waals surface area (Å²) in [4.78, 5) is 10.6. The summed E-state index contributed by atoms with van der Waals surface area (Å²) in [6.45, 7) is 1.97. The average molecular weight is 146 g/mol. The molecule has 10 heavy (non-hydrogen) atoms. The molecule has 0 aromatic heterocycles. The molecule has 0 aromatic carbocycles. The minimum Gasteiger partial charge on any atom is -0.410 e. The highest BCUT2D eigenvalue weighted by Crippen LogP contribution is 2.05. The van der Waals surface area contributed by atoms with Crippen LogP contribution in [0.5, 0.6) is 0 Å². The van der Waals surface area contributed by atoms with E-state index in [0.29, 0.717) is 19.6 Å². The minimum atomic E-state index is -0.757. The van der Waals surface area contributed by atoms with Gasteiger partial charge in [-0.3, -0.25) is 4.79 Å². The van der Waals surface area contributed by atoms with Crippen molar-refractivity contribution >= 4 is 5.97 Å². The van der Waals surface area contributed by atoms with E-state index in [-0.39, 0.29) is 5.97 Å². The Kier molecular flexibility index (Phi) is 2.65. The molecule has 1 aliphatic rings. The van der Waals surface area contributed by atoms with E-state index in [0.717, 1.165) is 0 Å². The number of esters is 1. The van der Waals surface area contributed by atoms with Crippen LogP contribution in [0, 0.1) is 0 Å². The number of rotatable bonds is 2. The van der Waals surface area contributed by atoms with Gasteiger partial charge in [-0.15, -0.1) is 0 Å². The quantitative estimate of drug-likeness (QED) is 0.524. The monoisotopic (exact) mass is 146 g/mol. The van der Waals surface area contributed by atoms with Crippen LogP contribution in [0.2, 0.25) is 0 Å². The van der Waals surface area contributed by atoms with Gasteiger partial charge in [-0.05, 0) is 0 Å². The Morgan fingerprint density at radius 3 is 2.70 bits per heavy atom. The van der Waals surface area contributed by atoms with Crippen LogP contribution in [0.3, 0.4) is 0 Å². The van der Waals surface area contributed by atoms with Crippen LogP contribution in [0.25, 0.3) is 0 Å². The van der Waals surface area contributed by atoms with Crippen LogP contribution in [0.1, 0.15) is 13.3 Å². The highest BCUT2D eigenvalue weighted by Gasteiger charge is 2.18. The van der Waals surface area contributed by atoms with Gasteiger partial charge in [0, 0.05) is 6.42 Å². The number of hydrogen-bond donors (Lipinski definition) is 0. The zero-order valence-electron chi connectivity index (χ0n) is 5.83. The maximum Gasteiger partial charge on any atom is 0.318 e. The third-order valence-electron chi connectivity index (χ3n) is 1.11. The molecule has 0 aromatic rings. The number of hydrogen-bond acceptors (Lipinski definition) is 4. The first kappa shape index (κ1) is 7.50. The van der Waals surface area contributed by atoms with Crippen LogP contribution >= 0.6 is 0 Å². The van der Waals surface area contributed by atoms with Gasteiger partial charge in [-0.1, -0.05) is 6.92 Å². The zero-order chi connectivity index (χ0) is 7.40. The molecule has 0 saturated carbocycles. The minimum absolute atomic E-state index is 0.299. The summed E-state index contributed by atoms with van der Waals surface area (Å²) in [5.74, 6) is -0.299. The first-order chi connectivity index (χ1) is 4.83. The van der Waals surface area contributed by atoms with Crippen LogP contribution < -0.4 is 0 Å². The molecule has 0 atom stereocenters. The molecule has 1 heterocycles. The Morgan fingerprint density at radius 2 is 2.20 bits per heavy atom. The molecule has 1 fully saturated rings. The summed E-state index contributed by atoms with van der Waals surface area (Å²) in [6.07, 6.45) is 0.350. The second-order valence-electron chi connectivity index (χ2n) is 1.87. The Morgan fingerprint density at radius 1 is 1.60 bits per heavy atom. The summed E-state index contributed by atoms with van der Waals surface area (Å²) < 4.78 is 14.4. The Hall–Kier alpha value is -0.610. The summed E-state index contributed by atoms with van der Waals surface area (Å²) in [5, 5.41) is 0. The largest absolute Gasteiger partial charge is 0.410 e. The van der Waals surface area contributed by atoms with E-state index in [1.165, 1.54) is 0 Å². The molecule has 0 bridgehead atoms. The van der Waals surface area contributed by atoms with Crippen molar-refractivity contribution in [3.63, 3.8) is 0 Å². The molecular weight excluding hydrogens is 136 g/mol. The first-order valence-electron chi connectivity index (χ1n) is 3.25. The van der Waals surface area contributed by atoms with Gasteiger partial charge in [0.1, 0.15) is 0 Å².